The van der Waals surface area contributed by atoms with Crippen LogP contribution >= 0.6 is 0 Å². The summed E-state index contributed by atoms with van der Waals surface area (Å²) in [6.45, 7) is 6.38. The van der Waals surface area contributed by atoms with Gasteiger partial charge in [-0.05, 0) is 44.5 Å². The first kappa shape index (κ1) is 13.6. The number of aromatic nitrogens is 2. The molecule has 1 atom stereocenters. The third-order valence-corrected chi connectivity index (χ3v) is 2.94. The van der Waals surface area contributed by atoms with E-state index in [4.69, 9.17) is 4.74 Å². The Morgan fingerprint density at radius 1 is 1.16 bits per heavy atom. The van der Waals surface area contributed by atoms with E-state index in [0.29, 0.717) is 12.6 Å². The molecule has 0 radical (unpaired) electrons. The lowest BCUT2D eigenvalue weighted by Crippen LogP contribution is -2.03. The van der Waals surface area contributed by atoms with Crippen LogP contribution in [0, 0.1) is 0 Å². The maximum atomic E-state index is 9.42. The van der Waals surface area contributed by atoms with E-state index >= 15 is 0 Å². The molecule has 0 bridgehead atoms. The minimum atomic E-state index is -0.448. The molecule has 0 spiro atoms. The zero-order valence-electron chi connectivity index (χ0n) is 11.6. The first-order valence-corrected chi connectivity index (χ1v) is 6.51. The third kappa shape index (κ3) is 3.58. The van der Waals surface area contributed by atoms with E-state index < -0.39 is 6.10 Å². The van der Waals surface area contributed by atoms with Crippen molar-refractivity contribution < 1.29 is 9.84 Å². The van der Waals surface area contributed by atoms with Crippen LogP contribution in [0.3, 0.4) is 0 Å². The second-order valence-electron chi connectivity index (χ2n) is 4.91. The number of hydrogen-bond donors (Lipinski definition) is 1. The molecule has 1 aromatic carbocycles. The molecule has 0 saturated carbocycles. The minimum absolute atomic E-state index is 0.360. The summed E-state index contributed by atoms with van der Waals surface area (Å²) in [4.78, 5) is 0. The van der Waals surface area contributed by atoms with Crippen LogP contribution in [0.15, 0.2) is 36.5 Å². The van der Waals surface area contributed by atoms with Crippen LogP contribution in [-0.4, -0.2) is 14.9 Å². The molecule has 102 valence electrons. The molecular formula is C15H20N2O2. The molecule has 2 aromatic rings. The van der Waals surface area contributed by atoms with Crippen LogP contribution in [0.4, 0.5) is 0 Å². The molecule has 0 saturated heterocycles. The van der Waals surface area contributed by atoms with Crippen LogP contribution in [0.5, 0.6) is 5.75 Å². The molecule has 0 aliphatic rings. The standard InChI is InChI=1S/C15H20N2O2/c1-11(2)17-9-8-14(16-17)10-19-15-6-4-13(5-7-15)12(3)18/h4-9,11-12,18H,10H2,1-3H3. The molecule has 19 heavy (non-hydrogen) atoms. The normalized spacial score (nSPS) is 12.7. The molecular weight excluding hydrogens is 240 g/mol. The van der Waals surface area contributed by atoms with Crippen molar-refractivity contribution in [3.8, 4) is 5.75 Å². The molecule has 1 heterocycles. The Kier molecular flexibility index (Phi) is 4.22. The largest absolute Gasteiger partial charge is 0.487 e. The molecule has 0 aliphatic heterocycles. The van der Waals surface area contributed by atoms with Crippen molar-refractivity contribution in [1.82, 2.24) is 9.78 Å². The predicted octanol–water partition coefficient (Wildman–Crippen LogP) is 3.10. The number of hydrogen-bond acceptors (Lipinski definition) is 3. The Bertz CT molecular complexity index is 515. The van der Waals surface area contributed by atoms with Gasteiger partial charge in [0.05, 0.1) is 11.8 Å². The monoisotopic (exact) mass is 260 g/mol. The van der Waals surface area contributed by atoms with Crippen molar-refractivity contribution in [2.24, 2.45) is 0 Å². The summed E-state index contributed by atoms with van der Waals surface area (Å²) in [5, 5.41) is 13.8. The quantitative estimate of drug-likeness (QED) is 0.898. The Balaban J connectivity index is 1.94. The van der Waals surface area contributed by atoms with E-state index in [1.165, 1.54) is 0 Å². The lowest BCUT2D eigenvalue weighted by atomic mass is 10.1. The molecule has 1 aromatic heterocycles. The second kappa shape index (κ2) is 5.89. The summed E-state index contributed by atoms with van der Waals surface area (Å²) >= 11 is 0. The van der Waals surface area contributed by atoms with Crippen LogP contribution in [0.2, 0.25) is 0 Å². The molecule has 4 heteroatoms. The average molecular weight is 260 g/mol. The molecule has 0 amide bonds. The van der Waals surface area contributed by atoms with Gasteiger partial charge in [-0.15, -0.1) is 0 Å². The fraction of sp³-hybridized carbons (Fsp3) is 0.400. The minimum Gasteiger partial charge on any atom is -0.487 e. The number of rotatable bonds is 5. The summed E-state index contributed by atoms with van der Waals surface area (Å²) in [5.74, 6) is 0.781. The first-order valence-electron chi connectivity index (χ1n) is 6.51. The van der Waals surface area contributed by atoms with Crippen molar-refractivity contribution in [1.29, 1.82) is 0 Å². The van der Waals surface area contributed by atoms with Gasteiger partial charge in [0.1, 0.15) is 12.4 Å². The molecule has 1 unspecified atom stereocenters. The fourth-order valence-electron chi connectivity index (χ4n) is 1.74. The van der Waals surface area contributed by atoms with Crippen molar-refractivity contribution in [3.63, 3.8) is 0 Å². The van der Waals surface area contributed by atoms with Gasteiger partial charge in [0.2, 0.25) is 0 Å². The van der Waals surface area contributed by atoms with Crippen molar-refractivity contribution >= 4 is 0 Å². The lowest BCUT2D eigenvalue weighted by Gasteiger charge is -2.08. The fourth-order valence-corrected chi connectivity index (χ4v) is 1.74. The lowest BCUT2D eigenvalue weighted by molar-refractivity contribution is 0.199. The zero-order valence-corrected chi connectivity index (χ0v) is 11.6. The number of aliphatic hydroxyl groups is 1. The zero-order chi connectivity index (χ0) is 13.8. The van der Waals surface area contributed by atoms with E-state index in [0.717, 1.165) is 17.0 Å². The van der Waals surface area contributed by atoms with Gasteiger partial charge in [-0.3, -0.25) is 4.68 Å². The summed E-state index contributed by atoms with van der Waals surface area (Å²) in [7, 11) is 0. The number of benzene rings is 1. The highest BCUT2D eigenvalue weighted by Gasteiger charge is 2.04. The highest BCUT2D eigenvalue weighted by molar-refractivity contribution is 5.28. The highest BCUT2D eigenvalue weighted by atomic mass is 16.5. The SMILES string of the molecule is CC(O)c1ccc(OCc2ccn(C(C)C)n2)cc1. The maximum Gasteiger partial charge on any atom is 0.132 e. The molecule has 4 nitrogen and oxygen atoms in total. The topological polar surface area (TPSA) is 47.3 Å². The number of nitrogens with zero attached hydrogens (tertiary/aromatic N) is 2. The van der Waals surface area contributed by atoms with E-state index in [-0.39, 0.29) is 0 Å². The average Bonchev–Trinajstić information content (AvgIpc) is 2.86. The Hall–Kier alpha value is -1.81. The summed E-state index contributed by atoms with van der Waals surface area (Å²) in [6, 6.07) is 9.78. The van der Waals surface area contributed by atoms with Crippen molar-refractivity contribution in [2.45, 2.75) is 39.5 Å². The van der Waals surface area contributed by atoms with Crippen LogP contribution < -0.4 is 4.74 Å². The van der Waals surface area contributed by atoms with Crippen LogP contribution in [-0.2, 0) is 6.61 Å². The molecule has 0 fully saturated rings. The Labute approximate surface area is 113 Å². The second-order valence-corrected chi connectivity index (χ2v) is 4.91. The van der Waals surface area contributed by atoms with Gasteiger partial charge in [0, 0.05) is 12.2 Å². The predicted molar refractivity (Wildman–Crippen MR) is 74.0 cm³/mol. The Morgan fingerprint density at radius 3 is 2.37 bits per heavy atom. The third-order valence-electron chi connectivity index (χ3n) is 2.94. The van der Waals surface area contributed by atoms with E-state index in [1.54, 1.807) is 6.92 Å². The van der Waals surface area contributed by atoms with Gasteiger partial charge in [-0.1, -0.05) is 12.1 Å². The van der Waals surface area contributed by atoms with Gasteiger partial charge < -0.3 is 9.84 Å². The van der Waals surface area contributed by atoms with E-state index in [9.17, 15) is 5.11 Å². The van der Waals surface area contributed by atoms with Crippen LogP contribution in [0.1, 0.15) is 44.2 Å². The maximum absolute atomic E-state index is 9.42. The smallest absolute Gasteiger partial charge is 0.132 e. The number of aliphatic hydroxyl groups excluding tert-OH is 1. The summed E-state index contributed by atoms with van der Waals surface area (Å²) in [5.41, 5.74) is 1.80. The van der Waals surface area contributed by atoms with E-state index in [1.807, 2.05) is 41.2 Å². The molecule has 1 N–H and O–H groups in total. The number of ether oxygens (including phenoxy) is 1. The molecule has 0 aliphatic carbocycles. The van der Waals surface area contributed by atoms with Gasteiger partial charge in [0.25, 0.3) is 0 Å². The van der Waals surface area contributed by atoms with Crippen molar-refractivity contribution in [3.05, 3.63) is 47.8 Å². The van der Waals surface area contributed by atoms with Crippen molar-refractivity contribution in [2.75, 3.05) is 0 Å². The highest BCUT2D eigenvalue weighted by Crippen LogP contribution is 2.18. The summed E-state index contributed by atoms with van der Waals surface area (Å²) < 4.78 is 7.57. The van der Waals surface area contributed by atoms with Gasteiger partial charge >= 0.3 is 0 Å². The van der Waals surface area contributed by atoms with E-state index in [2.05, 4.69) is 18.9 Å². The van der Waals surface area contributed by atoms with Crippen LogP contribution in [0.25, 0.3) is 0 Å². The summed E-state index contributed by atoms with van der Waals surface area (Å²) in [6.07, 6.45) is 1.51. The molecule has 2 rings (SSSR count). The first-order chi connectivity index (χ1) is 9.06. The Morgan fingerprint density at radius 2 is 1.84 bits per heavy atom. The van der Waals surface area contributed by atoms with Gasteiger partial charge in [0.15, 0.2) is 0 Å². The van der Waals surface area contributed by atoms with Gasteiger partial charge in [-0.25, -0.2) is 0 Å². The van der Waals surface area contributed by atoms with Gasteiger partial charge in [-0.2, -0.15) is 5.10 Å².